The van der Waals surface area contributed by atoms with Crippen molar-refractivity contribution in [1.82, 2.24) is 23.9 Å². The summed E-state index contributed by atoms with van der Waals surface area (Å²) in [4.78, 5) is 35.2. The number of nitrogens with one attached hydrogen (secondary N) is 1. The zero-order chi connectivity index (χ0) is 27.8. The molecule has 2 saturated heterocycles. The first-order valence-electron chi connectivity index (χ1n) is 11.9. The molecule has 2 aliphatic heterocycles. The summed E-state index contributed by atoms with van der Waals surface area (Å²) in [7, 11) is -6.63. The van der Waals surface area contributed by atoms with E-state index in [1.165, 1.54) is 28.7 Å². The van der Waals surface area contributed by atoms with E-state index in [0.29, 0.717) is 10.7 Å². The van der Waals surface area contributed by atoms with Crippen LogP contribution in [0, 0.1) is 0 Å². The van der Waals surface area contributed by atoms with Crippen molar-refractivity contribution < 1.29 is 32.2 Å². The monoisotopic (exact) mass is 603 g/mol. The van der Waals surface area contributed by atoms with Gasteiger partial charge in [0.05, 0.1) is 17.2 Å². The molecule has 0 amide bonds. The van der Waals surface area contributed by atoms with Crippen molar-refractivity contribution in [2.24, 2.45) is 0 Å². The molecule has 2 fully saturated rings. The predicted molar refractivity (Wildman–Crippen MR) is 141 cm³/mol. The number of halogens is 1. The fraction of sp³-hybridized carbons (Fsp3) is 0.208. The lowest BCUT2D eigenvalue weighted by molar-refractivity contribution is -0.0615. The van der Waals surface area contributed by atoms with Crippen LogP contribution in [0.15, 0.2) is 75.6 Å². The Bertz CT molecular complexity index is 1930. The van der Waals surface area contributed by atoms with Gasteiger partial charge in [0.1, 0.15) is 18.3 Å². The first-order chi connectivity index (χ1) is 19.2. The summed E-state index contributed by atoms with van der Waals surface area (Å²) in [6.07, 6.45) is -3.13. The Kier molecular flexibility index (Phi) is 6.07. The largest absolute Gasteiger partial charge is 0.386 e. The summed E-state index contributed by atoms with van der Waals surface area (Å²) >= 11 is 5.96. The maximum atomic E-state index is 13.8. The van der Waals surface area contributed by atoms with Crippen LogP contribution < -0.4 is 5.56 Å². The highest BCUT2D eigenvalue weighted by atomic mass is 35.5. The van der Waals surface area contributed by atoms with Gasteiger partial charge in [-0.05, 0) is 29.8 Å². The minimum atomic E-state index is -4.38. The molecule has 5 atom stereocenters. The first kappa shape index (κ1) is 25.7. The van der Waals surface area contributed by atoms with Crippen molar-refractivity contribution in [3.05, 3.63) is 76.2 Å². The predicted octanol–water partition coefficient (Wildman–Crippen LogP) is 2.42. The summed E-state index contributed by atoms with van der Waals surface area (Å²) in [6, 6.07) is 14.7. The highest BCUT2D eigenvalue weighted by molar-refractivity contribution is 7.91. The van der Waals surface area contributed by atoms with Gasteiger partial charge in [-0.1, -0.05) is 41.9 Å². The summed E-state index contributed by atoms with van der Waals surface area (Å²) in [5.41, 5.74) is 0.386. The van der Waals surface area contributed by atoms with E-state index in [2.05, 4.69) is 15.0 Å². The van der Waals surface area contributed by atoms with Gasteiger partial charge in [-0.25, -0.2) is 17.8 Å². The van der Waals surface area contributed by atoms with Gasteiger partial charge < -0.3 is 28.8 Å². The molecule has 16 heteroatoms. The Morgan fingerprint density at radius 2 is 1.85 bits per heavy atom. The third kappa shape index (κ3) is 3.99. The maximum absolute atomic E-state index is 13.8. The Labute approximate surface area is 231 Å². The van der Waals surface area contributed by atoms with E-state index in [1.54, 1.807) is 6.20 Å². The van der Waals surface area contributed by atoms with Crippen LogP contribution in [0.1, 0.15) is 6.23 Å². The van der Waals surface area contributed by atoms with Crippen LogP contribution in [-0.2, 0) is 23.6 Å². The molecule has 0 aliphatic carbocycles. The lowest BCUT2D eigenvalue weighted by Crippen LogP contribution is -2.38. The molecule has 2 aliphatic rings. The van der Waals surface area contributed by atoms with Crippen molar-refractivity contribution >= 4 is 47.0 Å². The number of hydrogen-bond donors (Lipinski definition) is 3. The number of aromatic amines is 1. The van der Waals surface area contributed by atoms with Crippen LogP contribution in [0.25, 0.3) is 28.2 Å². The molecule has 3 N–H and O–H groups in total. The molecule has 7 rings (SSSR count). The van der Waals surface area contributed by atoms with Crippen molar-refractivity contribution in [3.8, 4) is 11.3 Å². The molecule has 206 valence electrons. The Morgan fingerprint density at radius 3 is 2.60 bits per heavy atom. The summed E-state index contributed by atoms with van der Waals surface area (Å²) in [5.74, 6) is 0.122. The molecule has 5 heterocycles. The highest BCUT2D eigenvalue weighted by Crippen LogP contribution is 2.47. The lowest BCUT2D eigenvalue weighted by atomic mass is 10.1. The summed E-state index contributed by atoms with van der Waals surface area (Å²) in [5, 5.41) is 10.9. The second-order valence-corrected chi connectivity index (χ2v) is 12.4. The maximum Gasteiger partial charge on any atom is 0.330 e. The smallest absolute Gasteiger partial charge is 0.330 e. The molecule has 2 aromatic carbocycles. The summed E-state index contributed by atoms with van der Waals surface area (Å²) < 4.78 is 46.5. The van der Waals surface area contributed by atoms with Gasteiger partial charge in [-0.2, -0.15) is 4.98 Å². The number of aliphatic hydroxyl groups excluding tert-OH is 1. The minimum Gasteiger partial charge on any atom is -0.386 e. The van der Waals surface area contributed by atoms with E-state index in [9.17, 15) is 23.2 Å². The molecule has 0 radical (unpaired) electrons. The molecular formula is C24H19ClN5O8PS. The van der Waals surface area contributed by atoms with Crippen LogP contribution in [0.5, 0.6) is 0 Å². The fourth-order valence-electron chi connectivity index (χ4n) is 4.88. The van der Waals surface area contributed by atoms with E-state index in [4.69, 9.17) is 25.4 Å². The zero-order valence-corrected chi connectivity index (χ0v) is 22.6. The van der Waals surface area contributed by atoms with E-state index in [1.807, 2.05) is 30.3 Å². The average Bonchev–Trinajstić information content (AvgIpc) is 3.64. The molecule has 5 aromatic rings. The standard InChI is InChI=1S/C24H19ClN5O8PS/c25-13-6-8-14(9-7-13)40(34,35)24-27-17-20(30(24)22-18(31)19-16(37-22)11-36-39(33)38-19)28-23-26-15(10-29(23)21(17)32)12-4-2-1-3-5-12/h1-10,16,18-19,22,31,33H,11H2,(H,26,28)/t16?,18?,19-,22-,39?/m1/s1. The average molecular weight is 604 g/mol. The van der Waals surface area contributed by atoms with E-state index >= 15 is 0 Å². The second kappa shape index (κ2) is 9.43. The number of aliphatic hydroxyl groups is 1. The van der Waals surface area contributed by atoms with Gasteiger partial charge >= 0.3 is 8.60 Å². The SMILES string of the molecule is O=c1c2nc(S(=O)(=O)c3ccc(Cl)cc3)n([C@@H]3OC4COP(O)O[C@H]4C3O)c2nc2[nH]c(-c3ccccc3)cn12. The van der Waals surface area contributed by atoms with E-state index in [0.717, 1.165) is 10.1 Å². The molecule has 0 bridgehead atoms. The zero-order valence-electron chi connectivity index (χ0n) is 20.2. The number of sulfone groups is 1. The first-order valence-corrected chi connectivity index (χ1v) is 14.9. The molecule has 40 heavy (non-hydrogen) atoms. The number of nitrogens with zero attached hydrogens (tertiary/aromatic N) is 4. The van der Waals surface area contributed by atoms with Gasteiger partial charge in [-0.15, -0.1) is 0 Å². The van der Waals surface area contributed by atoms with Gasteiger partial charge in [0.25, 0.3) is 5.56 Å². The molecule has 0 spiro atoms. The number of rotatable bonds is 4. The number of imidazole rings is 2. The number of fused-ring (bicyclic) bond motifs is 3. The van der Waals surface area contributed by atoms with Crippen LogP contribution in [0.4, 0.5) is 0 Å². The number of aromatic nitrogens is 5. The van der Waals surface area contributed by atoms with Gasteiger partial charge in [0, 0.05) is 11.2 Å². The minimum absolute atomic E-state index is 0.0935. The number of ether oxygens (including phenoxy) is 1. The molecular weight excluding hydrogens is 585 g/mol. The van der Waals surface area contributed by atoms with Crippen LogP contribution in [0.3, 0.4) is 0 Å². The second-order valence-electron chi connectivity index (χ2n) is 9.20. The number of hydrogen-bond acceptors (Lipinski definition) is 10. The quantitative estimate of drug-likeness (QED) is 0.259. The van der Waals surface area contributed by atoms with Crippen molar-refractivity contribution in [2.75, 3.05) is 6.61 Å². The molecule has 3 aromatic heterocycles. The Morgan fingerprint density at radius 1 is 1.10 bits per heavy atom. The van der Waals surface area contributed by atoms with Crippen LogP contribution in [0.2, 0.25) is 5.02 Å². The summed E-state index contributed by atoms with van der Waals surface area (Å²) in [6.45, 7) is -0.0935. The van der Waals surface area contributed by atoms with Crippen molar-refractivity contribution in [2.45, 2.75) is 34.6 Å². The number of benzene rings is 2. The molecule has 0 saturated carbocycles. The van der Waals surface area contributed by atoms with E-state index < -0.39 is 53.7 Å². The molecule has 13 nitrogen and oxygen atoms in total. The Hall–Kier alpha value is -3.20. The Balaban J connectivity index is 1.47. The molecule has 3 unspecified atom stereocenters. The van der Waals surface area contributed by atoms with E-state index in [-0.39, 0.29) is 28.4 Å². The van der Waals surface area contributed by atoms with Crippen LogP contribution >= 0.6 is 20.2 Å². The topological polar surface area (TPSA) is 170 Å². The van der Waals surface area contributed by atoms with Crippen molar-refractivity contribution in [3.63, 3.8) is 0 Å². The normalized spacial score (nSPS) is 25.0. The highest BCUT2D eigenvalue weighted by Gasteiger charge is 2.51. The van der Waals surface area contributed by atoms with Gasteiger partial charge in [0.15, 0.2) is 17.4 Å². The lowest BCUT2D eigenvalue weighted by Gasteiger charge is -2.27. The third-order valence-electron chi connectivity index (χ3n) is 6.79. The van der Waals surface area contributed by atoms with Crippen molar-refractivity contribution in [1.29, 1.82) is 0 Å². The van der Waals surface area contributed by atoms with Crippen LogP contribution in [-0.4, -0.2) is 67.3 Å². The van der Waals surface area contributed by atoms with Gasteiger partial charge in [0.2, 0.25) is 20.8 Å². The van der Waals surface area contributed by atoms with Gasteiger partial charge in [-0.3, -0.25) is 9.36 Å². The third-order valence-corrected chi connectivity index (χ3v) is 9.50. The number of H-pyrrole nitrogens is 1. The fourth-order valence-corrected chi connectivity index (χ4v) is 7.18.